The minimum Gasteiger partial charge on any atom is -0.456 e. The van der Waals surface area contributed by atoms with Crippen molar-refractivity contribution in [3.05, 3.63) is 81.6 Å². The molecule has 0 atom stereocenters. The molecule has 0 unspecified atom stereocenters. The number of nitriles is 2. The van der Waals surface area contributed by atoms with Crippen molar-refractivity contribution in [2.45, 2.75) is 75.4 Å². The molecule has 5 rings (SSSR count). The van der Waals surface area contributed by atoms with E-state index >= 15 is 0 Å². The van der Waals surface area contributed by atoms with Gasteiger partial charge in [-0.1, -0.05) is 23.2 Å². The molecular weight excluding hydrogens is 863 g/mol. The van der Waals surface area contributed by atoms with Crippen LogP contribution >= 0.6 is 23.2 Å². The second-order valence-corrected chi connectivity index (χ2v) is 20.4. The van der Waals surface area contributed by atoms with Crippen molar-refractivity contribution in [2.75, 3.05) is 52.4 Å². The number of rotatable bonds is 6. The predicted molar refractivity (Wildman–Crippen MR) is 221 cm³/mol. The van der Waals surface area contributed by atoms with E-state index in [1.165, 1.54) is 56.6 Å². The van der Waals surface area contributed by atoms with Crippen molar-refractivity contribution in [3.8, 4) is 23.6 Å². The summed E-state index contributed by atoms with van der Waals surface area (Å²) in [6, 6.07) is 15.7. The van der Waals surface area contributed by atoms with E-state index in [0.29, 0.717) is 36.0 Å². The van der Waals surface area contributed by atoms with Crippen molar-refractivity contribution in [3.63, 3.8) is 0 Å². The summed E-state index contributed by atoms with van der Waals surface area (Å²) in [5, 5.41) is 18.9. The average molecular weight is 910 g/mol. The third-order valence-corrected chi connectivity index (χ3v) is 12.9. The maximum atomic E-state index is 14.0. The quantitative estimate of drug-likeness (QED) is 0.237. The van der Waals surface area contributed by atoms with E-state index in [2.05, 4.69) is 0 Å². The lowest BCUT2D eigenvalue weighted by atomic mass is 10.2. The number of sulfonamides is 2. The summed E-state index contributed by atoms with van der Waals surface area (Å²) in [7, 11) is -8.17. The Morgan fingerprint density at radius 1 is 0.633 bits per heavy atom. The van der Waals surface area contributed by atoms with Crippen molar-refractivity contribution in [1.29, 1.82) is 10.5 Å². The summed E-state index contributed by atoms with van der Waals surface area (Å²) in [4.78, 5) is 26.9. The Morgan fingerprint density at radius 3 is 1.52 bits per heavy atom. The van der Waals surface area contributed by atoms with E-state index in [1.807, 2.05) is 6.07 Å². The van der Waals surface area contributed by atoms with E-state index in [-0.39, 0.29) is 66.8 Å². The molecule has 2 aliphatic rings. The van der Waals surface area contributed by atoms with Gasteiger partial charge in [-0.15, -0.1) is 0 Å². The van der Waals surface area contributed by atoms with Crippen LogP contribution < -0.4 is 4.74 Å². The fourth-order valence-corrected chi connectivity index (χ4v) is 9.59. The van der Waals surface area contributed by atoms with Crippen LogP contribution in [-0.2, 0) is 29.5 Å². The zero-order chi connectivity index (χ0) is 44.6. The fourth-order valence-electron chi connectivity index (χ4n) is 5.91. The first kappa shape index (κ1) is 48.0. The molecule has 0 aromatic heterocycles. The van der Waals surface area contributed by atoms with Gasteiger partial charge in [0.2, 0.25) is 20.0 Å². The Morgan fingerprint density at radius 2 is 1.07 bits per heavy atom. The van der Waals surface area contributed by atoms with E-state index < -0.39 is 54.1 Å². The molecule has 0 radical (unpaired) electrons. The van der Waals surface area contributed by atoms with Gasteiger partial charge in [-0.3, -0.25) is 0 Å². The molecule has 60 heavy (non-hydrogen) atoms. The number of benzene rings is 3. The van der Waals surface area contributed by atoms with E-state index in [9.17, 15) is 36.1 Å². The largest absolute Gasteiger partial charge is 0.456 e. The summed E-state index contributed by atoms with van der Waals surface area (Å²) < 4.78 is 85.8. The fraction of sp³-hybridized carbons (Fsp3) is 0.450. The zero-order valence-electron chi connectivity index (χ0n) is 34.1. The number of nitrogens with zero attached hydrogens (tertiary/aromatic N) is 6. The molecule has 0 bridgehead atoms. The molecule has 2 saturated heterocycles. The normalized spacial score (nSPS) is 15.9. The van der Waals surface area contributed by atoms with Gasteiger partial charge in [0.1, 0.15) is 38.3 Å². The van der Waals surface area contributed by atoms with Crippen LogP contribution in [0.1, 0.15) is 65.5 Å². The van der Waals surface area contributed by atoms with Crippen LogP contribution in [0, 0.1) is 28.5 Å². The van der Waals surface area contributed by atoms with Gasteiger partial charge in [0.15, 0.2) is 0 Å². The highest BCUT2D eigenvalue weighted by molar-refractivity contribution is 7.89. The standard InChI is InChI=1S/C23H25Cl2N3O5S.C17H22FN3O4S/c1-23(2,3)33-22(29)27-7-4-8-28(10-9-27)34(30,31)21-11-16(15-26)5-6-20(21)32-19-13-17(24)12-18(25)14-19;1-17(2,3)25-16(22)20-7-4-8-21(10-9-20)26(23,24)15-11-13(12-19)5-6-14(15)18/h5-6,11-14H,4,7-10H2,1-3H3;5-6,11H,4,7-10H2,1-3H3. The van der Waals surface area contributed by atoms with E-state index in [0.717, 1.165) is 16.4 Å². The number of halogens is 3. The second-order valence-electron chi connectivity index (χ2n) is 15.7. The molecule has 2 amide bonds. The van der Waals surface area contributed by atoms with Gasteiger partial charge in [0, 0.05) is 62.4 Å². The van der Waals surface area contributed by atoms with Gasteiger partial charge in [0.25, 0.3) is 0 Å². The average Bonchev–Trinajstić information content (AvgIpc) is 3.57. The van der Waals surface area contributed by atoms with Crippen LogP contribution in [0.15, 0.2) is 64.4 Å². The molecule has 2 heterocycles. The Balaban J connectivity index is 0.000000275. The summed E-state index contributed by atoms with van der Waals surface area (Å²) in [6.45, 7) is 12.1. The monoisotopic (exact) mass is 908 g/mol. The number of carbonyl (C=O) groups excluding carboxylic acids is 2. The first-order valence-electron chi connectivity index (χ1n) is 18.8. The van der Waals surface area contributed by atoms with Crippen LogP contribution in [0.25, 0.3) is 0 Å². The highest BCUT2D eigenvalue weighted by Crippen LogP contribution is 2.35. The first-order valence-corrected chi connectivity index (χ1v) is 22.4. The highest BCUT2D eigenvalue weighted by atomic mass is 35.5. The Hall–Kier alpha value is -4.69. The topological polar surface area (TPSA) is 191 Å². The maximum absolute atomic E-state index is 14.0. The number of amides is 2. The molecule has 20 heteroatoms. The van der Waals surface area contributed by atoms with Crippen molar-refractivity contribution < 1.29 is 45.0 Å². The predicted octanol–water partition coefficient (Wildman–Crippen LogP) is 7.62. The summed E-state index contributed by atoms with van der Waals surface area (Å²) in [5.41, 5.74) is -1.06. The third kappa shape index (κ3) is 13.2. The molecule has 2 fully saturated rings. The number of hydrogen-bond acceptors (Lipinski definition) is 11. The Kier molecular flexibility index (Phi) is 15.8. The summed E-state index contributed by atoms with van der Waals surface area (Å²) >= 11 is 12.1. The van der Waals surface area contributed by atoms with Crippen LogP contribution in [0.3, 0.4) is 0 Å². The van der Waals surface area contributed by atoms with Gasteiger partial charge >= 0.3 is 12.2 Å². The smallest absolute Gasteiger partial charge is 0.410 e. The first-order chi connectivity index (χ1) is 27.9. The minimum atomic E-state index is -4.10. The van der Waals surface area contributed by atoms with Gasteiger partial charge in [0.05, 0.1) is 23.3 Å². The summed E-state index contributed by atoms with van der Waals surface area (Å²) in [5.74, 6) is -0.617. The SMILES string of the molecule is CC(C)(C)OC(=O)N1CCCN(S(=O)(=O)c2cc(C#N)ccc2F)CC1.CC(C)(C)OC(=O)N1CCCN(S(=O)(=O)c2cc(C#N)ccc2Oc2cc(Cl)cc(Cl)c2)CC1. The van der Waals surface area contributed by atoms with Gasteiger partial charge in [-0.05, 0) is 109 Å². The van der Waals surface area contributed by atoms with E-state index in [1.54, 1.807) is 47.6 Å². The number of carbonyl (C=O) groups is 2. The molecular formula is C40H47Cl2FN6O9S2. The lowest BCUT2D eigenvalue weighted by Gasteiger charge is -2.26. The summed E-state index contributed by atoms with van der Waals surface area (Å²) in [6.07, 6.45) is -0.163. The van der Waals surface area contributed by atoms with Gasteiger partial charge in [-0.25, -0.2) is 30.8 Å². The molecule has 15 nitrogen and oxygen atoms in total. The Labute approximate surface area is 360 Å². The zero-order valence-corrected chi connectivity index (χ0v) is 37.2. The Bertz CT molecular complexity index is 2360. The van der Waals surface area contributed by atoms with E-state index in [4.69, 9.17) is 42.7 Å². The molecule has 0 spiro atoms. The maximum Gasteiger partial charge on any atom is 0.410 e. The van der Waals surface area contributed by atoms with Crippen molar-refractivity contribution >= 4 is 55.4 Å². The molecule has 0 saturated carbocycles. The third-order valence-electron chi connectivity index (χ3n) is 8.65. The van der Waals surface area contributed by atoms with Crippen molar-refractivity contribution in [2.24, 2.45) is 0 Å². The minimum absolute atomic E-state index is 0.0256. The molecule has 3 aromatic carbocycles. The molecule has 0 aliphatic carbocycles. The van der Waals surface area contributed by atoms with Crippen molar-refractivity contribution in [1.82, 2.24) is 18.4 Å². The van der Waals surface area contributed by atoms with Crippen LogP contribution in [-0.4, -0.2) is 111 Å². The lowest BCUT2D eigenvalue weighted by molar-refractivity contribution is 0.0250. The molecule has 2 aliphatic heterocycles. The molecule has 3 aromatic rings. The second kappa shape index (κ2) is 19.8. The lowest BCUT2D eigenvalue weighted by Crippen LogP contribution is -2.40. The van der Waals surface area contributed by atoms with Crippen LogP contribution in [0.2, 0.25) is 10.0 Å². The highest BCUT2D eigenvalue weighted by Gasteiger charge is 2.34. The number of hydrogen-bond donors (Lipinski definition) is 0. The van der Waals surface area contributed by atoms with Gasteiger partial charge in [-0.2, -0.15) is 19.1 Å². The molecule has 324 valence electrons. The molecule has 0 N–H and O–H groups in total. The van der Waals surface area contributed by atoms with Gasteiger partial charge < -0.3 is 24.0 Å². The van der Waals surface area contributed by atoms with Crippen LogP contribution in [0.4, 0.5) is 14.0 Å². The number of ether oxygens (including phenoxy) is 3. The van der Waals surface area contributed by atoms with Crippen LogP contribution in [0.5, 0.6) is 11.5 Å².